The van der Waals surface area contributed by atoms with Crippen molar-refractivity contribution in [1.82, 2.24) is 20.4 Å². The maximum atomic E-state index is 12.6. The van der Waals surface area contributed by atoms with Crippen molar-refractivity contribution in [3.05, 3.63) is 52.8 Å². The number of piperazine rings is 1. The van der Waals surface area contributed by atoms with Gasteiger partial charge in [0, 0.05) is 36.5 Å². The number of H-pyrrole nitrogens is 1. The zero-order valence-corrected chi connectivity index (χ0v) is 14.8. The van der Waals surface area contributed by atoms with Crippen molar-refractivity contribution in [3.8, 4) is 0 Å². The Kier molecular flexibility index (Phi) is 7.85. The van der Waals surface area contributed by atoms with Gasteiger partial charge in [-0.1, -0.05) is 23.7 Å². The molecule has 1 saturated heterocycles. The van der Waals surface area contributed by atoms with Gasteiger partial charge in [-0.2, -0.15) is 5.10 Å². The Morgan fingerprint density at radius 3 is 2.87 bits per heavy atom. The topological polar surface area (TPSA) is 61.0 Å². The standard InChI is InChI=1S/C15H17ClN4O.2ClH/c16-12-3-1-2-11(8-12)14-10-17-6-7-20(14)15(21)9-13-4-5-18-19-13;;/h1-5,8,14,17H,6-7,9-10H2,(H,18,19);2*1H. The molecule has 2 N–H and O–H groups in total. The van der Waals surface area contributed by atoms with Crippen LogP contribution in [0.15, 0.2) is 36.5 Å². The Labute approximate surface area is 152 Å². The van der Waals surface area contributed by atoms with Gasteiger partial charge in [0.05, 0.1) is 12.5 Å². The molecule has 126 valence electrons. The van der Waals surface area contributed by atoms with Crippen LogP contribution in [-0.2, 0) is 11.2 Å². The zero-order valence-electron chi connectivity index (χ0n) is 12.4. The van der Waals surface area contributed by atoms with E-state index in [1.54, 1.807) is 6.20 Å². The molecule has 1 fully saturated rings. The quantitative estimate of drug-likeness (QED) is 0.864. The van der Waals surface area contributed by atoms with Crippen molar-refractivity contribution < 1.29 is 4.79 Å². The molecule has 1 atom stereocenters. The first-order valence-electron chi connectivity index (χ1n) is 6.98. The molecule has 3 rings (SSSR count). The summed E-state index contributed by atoms with van der Waals surface area (Å²) in [6.07, 6.45) is 2.01. The second-order valence-corrected chi connectivity index (χ2v) is 5.56. The highest BCUT2D eigenvalue weighted by atomic mass is 35.5. The highest BCUT2D eigenvalue weighted by Gasteiger charge is 2.28. The van der Waals surface area contributed by atoms with Crippen LogP contribution in [-0.4, -0.2) is 40.6 Å². The van der Waals surface area contributed by atoms with E-state index in [2.05, 4.69) is 15.5 Å². The molecule has 0 radical (unpaired) electrons. The van der Waals surface area contributed by atoms with Gasteiger partial charge < -0.3 is 10.2 Å². The summed E-state index contributed by atoms with van der Waals surface area (Å²) < 4.78 is 0. The molecule has 1 aliphatic heterocycles. The molecule has 2 aromatic rings. The lowest BCUT2D eigenvalue weighted by atomic mass is 10.0. The summed E-state index contributed by atoms with van der Waals surface area (Å²) in [6, 6.07) is 9.56. The van der Waals surface area contributed by atoms with Crippen LogP contribution in [0.4, 0.5) is 0 Å². The molecule has 1 aliphatic rings. The fourth-order valence-corrected chi connectivity index (χ4v) is 2.86. The van der Waals surface area contributed by atoms with E-state index in [4.69, 9.17) is 11.6 Å². The lowest BCUT2D eigenvalue weighted by Gasteiger charge is -2.36. The Hall–Kier alpha value is -1.27. The minimum Gasteiger partial charge on any atom is -0.333 e. The normalized spacial score (nSPS) is 17.1. The molecule has 0 saturated carbocycles. The molecule has 0 aliphatic carbocycles. The van der Waals surface area contributed by atoms with Gasteiger partial charge in [-0.15, -0.1) is 24.8 Å². The zero-order chi connectivity index (χ0) is 14.7. The van der Waals surface area contributed by atoms with Crippen molar-refractivity contribution >= 4 is 42.3 Å². The number of nitrogens with one attached hydrogen (secondary N) is 2. The largest absolute Gasteiger partial charge is 0.333 e. The first kappa shape index (κ1) is 19.8. The molecule has 0 bridgehead atoms. The van der Waals surface area contributed by atoms with Crippen molar-refractivity contribution in [2.75, 3.05) is 19.6 Å². The van der Waals surface area contributed by atoms with Gasteiger partial charge in [-0.3, -0.25) is 9.89 Å². The van der Waals surface area contributed by atoms with Gasteiger partial charge in [-0.25, -0.2) is 0 Å². The van der Waals surface area contributed by atoms with Gasteiger partial charge >= 0.3 is 0 Å². The molecule has 1 unspecified atom stereocenters. The smallest absolute Gasteiger partial charge is 0.229 e. The maximum absolute atomic E-state index is 12.6. The van der Waals surface area contributed by atoms with E-state index in [9.17, 15) is 4.79 Å². The second kappa shape index (κ2) is 9.13. The molecule has 23 heavy (non-hydrogen) atoms. The van der Waals surface area contributed by atoms with E-state index >= 15 is 0 Å². The van der Waals surface area contributed by atoms with E-state index < -0.39 is 0 Å². The van der Waals surface area contributed by atoms with Crippen LogP contribution >= 0.6 is 36.4 Å². The second-order valence-electron chi connectivity index (χ2n) is 5.12. The van der Waals surface area contributed by atoms with Gasteiger partial charge in [0.15, 0.2) is 0 Å². The monoisotopic (exact) mass is 376 g/mol. The molecule has 8 heteroatoms. The molecule has 5 nitrogen and oxygen atoms in total. The van der Waals surface area contributed by atoms with Crippen molar-refractivity contribution in [2.45, 2.75) is 12.5 Å². The average molecular weight is 378 g/mol. The highest BCUT2D eigenvalue weighted by molar-refractivity contribution is 6.30. The molecule has 1 aromatic heterocycles. The van der Waals surface area contributed by atoms with E-state index in [1.165, 1.54) is 0 Å². The van der Waals surface area contributed by atoms with Crippen LogP contribution in [0.5, 0.6) is 0 Å². The Morgan fingerprint density at radius 2 is 2.17 bits per heavy atom. The average Bonchev–Trinajstić information content (AvgIpc) is 3.00. The van der Waals surface area contributed by atoms with Crippen LogP contribution in [0.25, 0.3) is 0 Å². The summed E-state index contributed by atoms with van der Waals surface area (Å²) in [5, 5.41) is 10.8. The van der Waals surface area contributed by atoms with Crippen LogP contribution in [0, 0.1) is 0 Å². The van der Waals surface area contributed by atoms with E-state index in [0.29, 0.717) is 18.0 Å². The fourth-order valence-electron chi connectivity index (χ4n) is 2.66. The third-order valence-corrected chi connectivity index (χ3v) is 3.93. The minimum atomic E-state index is 0. The summed E-state index contributed by atoms with van der Waals surface area (Å²) in [4.78, 5) is 14.5. The number of rotatable bonds is 3. The van der Waals surface area contributed by atoms with Gasteiger partial charge in [0.1, 0.15) is 0 Å². The number of aromatic amines is 1. The predicted molar refractivity (Wildman–Crippen MR) is 95.6 cm³/mol. The van der Waals surface area contributed by atoms with Gasteiger partial charge in [-0.05, 0) is 23.8 Å². The Bertz CT molecular complexity index is 621. The van der Waals surface area contributed by atoms with Crippen LogP contribution in [0.3, 0.4) is 0 Å². The Morgan fingerprint density at radius 1 is 1.35 bits per heavy atom. The number of carbonyl (C=O) groups is 1. The lowest BCUT2D eigenvalue weighted by Crippen LogP contribution is -2.49. The molecule has 1 aromatic carbocycles. The summed E-state index contributed by atoms with van der Waals surface area (Å²) in [5.41, 5.74) is 1.90. The number of amides is 1. The van der Waals surface area contributed by atoms with E-state index in [1.807, 2.05) is 35.2 Å². The first-order chi connectivity index (χ1) is 10.2. The Balaban J connectivity index is 0.00000132. The third-order valence-electron chi connectivity index (χ3n) is 3.70. The molecular formula is C15H19Cl3N4O. The van der Waals surface area contributed by atoms with Crippen molar-refractivity contribution in [1.29, 1.82) is 0 Å². The summed E-state index contributed by atoms with van der Waals surface area (Å²) in [5.74, 6) is 0.103. The minimum absolute atomic E-state index is 0. The summed E-state index contributed by atoms with van der Waals surface area (Å²) >= 11 is 6.07. The number of hydrogen-bond acceptors (Lipinski definition) is 3. The third kappa shape index (κ3) is 4.85. The summed E-state index contributed by atoms with van der Waals surface area (Å²) in [6.45, 7) is 2.25. The number of aromatic nitrogens is 2. The van der Waals surface area contributed by atoms with Crippen LogP contribution in [0.2, 0.25) is 5.02 Å². The number of hydrogen-bond donors (Lipinski definition) is 2. The SMILES string of the molecule is Cl.Cl.O=C(Cc1ccn[nH]1)N1CCNCC1c1cccc(Cl)c1. The van der Waals surface area contributed by atoms with E-state index in [-0.39, 0.29) is 36.8 Å². The van der Waals surface area contributed by atoms with E-state index in [0.717, 1.165) is 24.3 Å². The number of benzene rings is 1. The van der Waals surface area contributed by atoms with Crippen molar-refractivity contribution in [2.24, 2.45) is 0 Å². The summed E-state index contributed by atoms with van der Waals surface area (Å²) in [7, 11) is 0. The van der Waals surface area contributed by atoms with Gasteiger partial charge in [0.25, 0.3) is 0 Å². The van der Waals surface area contributed by atoms with Crippen LogP contribution < -0.4 is 5.32 Å². The maximum Gasteiger partial charge on any atom is 0.229 e. The number of carbonyl (C=O) groups excluding carboxylic acids is 1. The van der Waals surface area contributed by atoms with Crippen LogP contribution in [0.1, 0.15) is 17.3 Å². The van der Waals surface area contributed by atoms with Gasteiger partial charge in [0.2, 0.25) is 5.91 Å². The fraction of sp³-hybridized carbons (Fsp3) is 0.333. The van der Waals surface area contributed by atoms with Crippen molar-refractivity contribution in [3.63, 3.8) is 0 Å². The predicted octanol–water partition coefficient (Wildman–Crippen LogP) is 2.62. The number of nitrogens with zero attached hydrogens (tertiary/aromatic N) is 2. The molecule has 2 heterocycles. The molecular weight excluding hydrogens is 359 g/mol. The lowest BCUT2D eigenvalue weighted by molar-refractivity contribution is -0.133. The highest BCUT2D eigenvalue weighted by Crippen LogP contribution is 2.25. The number of halogens is 3. The first-order valence-corrected chi connectivity index (χ1v) is 7.36. The molecule has 0 spiro atoms. The molecule has 1 amide bonds.